The molecular weight excluding hydrogens is 272 g/mol. The van der Waals surface area contributed by atoms with E-state index in [9.17, 15) is 9.59 Å². The fraction of sp³-hybridized carbons (Fsp3) is 0.375. The Bertz CT molecular complexity index is 519. The summed E-state index contributed by atoms with van der Waals surface area (Å²) < 4.78 is 14.9. The van der Waals surface area contributed by atoms with Gasteiger partial charge in [0.1, 0.15) is 5.75 Å². The second-order valence-electron chi connectivity index (χ2n) is 4.30. The summed E-state index contributed by atoms with van der Waals surface area (Å²) in [6.07, 6.45) is 2.32. The van der Waals surface area contributed by atoms with Crippen molar-refractivity contribution in [2.24, 2.45) is 0 Å². The summed E-state index contributed by atoms with van der Waals surface area (Å²) in [5, 5.41) is 0. The maximum absolute atomic E-state index is 11.8. The summed E-state index contributed by atoms with van der Waals surface area (Å²) >= 11 is 0. The van der Waals surface area contributed by atoms with E-state index in [-0.39, 0.29) is 12.0 Å². The van der Waals surface area contributed by atoms with Crippen LogP contribution >= 0.6 is 0 Å². The molecule has 0 aliphatic rings. The highest BCUT2D eigenvalue weighted by Crippen LogP contribution is 2.22. The van der Waals surface area contributed by atoms with Crippen LogP contribution in [0.1, 0.15) is 25.3 Å². The molecule has 0 saturated heterocycles. The minimum absolute atomic E-state index is 0.148. The lowest BCUT2D eigenvalue weighted by molar-refractivity contribution is -0.143. The van der Waals surface area contributed by atoms with Crippen molar-refractivity contribution < 1.29 is 23.8 Å². The van der Waals surface area contributed by atoms with Gasteiger partial charge in [-0.15, -0.1) is 0 Å². The minimum Gasteiger partial charge on any atom is -0.493 e. The van der Waals surface area contributed by atoms with E-state index in [1.807, 2.05) is 31.2 Å². The topological polar surface area (TPSA) is 61.8 Å². The van der Waals surface area contributed by atoms with Crippen LogP contribution in [0.25, 0.3) is 6.08 Å². The summed E-state index contributed by atoms with van der Waals surface area (Å²) in [4.78, 5) is 23.1. The first kappa shape index (κ1) is 16.8. The molecule has 1 aromatic carbocycles. The van der Waals surface area contributed by atoms with Crippen molar-refractivity contribution in [3.63, 3.8) is 0 Å². The average Bonchev–Trinajstić information content (AvgIpc) is 2.52. The Balaban J connectivity index is 3.08. The smallest absolute Gasteiger partial charge is 0.334 e. The Kier molecular flexibility index (Phi) is 7.01. The van der Waals surface area contributed by atoms with Crippen molar-refractivity contribution in [1.82, 2.24) is 0 Å². The summed E-state index contributed by atoms with van der Waals surface area (Å²) in [5.41, 5.74) is 0.937. The zero-order valence-corrected chi connectivity index (χ0v) is 12.5. The number of benzene rings is 1. The summed E-state index contributed by atoms with van der Waals surface area (Å²) in [6.45, 7) is 2.59. The number of esters is 2. The Morgan fingerprint density at radius 2 is 1.86 bits per heavy atom. The molecular formula is C16H20O5. The highest BCUT2D eigenvalue weighted by atomic mass is 16.5. The van der Waals surface area contributed by atoms with Crippen molar-refractivity contribution in [3.8, 4) is 5.75 Å². The van der Waals surface area contributed by atoms with Crippen LogP contribution in [0.3, 0.4) is 0 Å². The molecule has 0 spiro atoms. The molecule has 0 saturated carbocycles. The number of ether oxygens (including phenoxy) is 3. The van der Waals surface area contributed by atoms with Gasteiger partial charge in [-0.25, -0.2) is 4.79 Å². The maximum Gasteiger partial charge on any atom is 0.334 e. The summed E-state index contributed by atoms with van der Waals surface area (Å²) in [5.74, 6) is -0.407. The first-order chi connectivity index (χ1) is 10.1. The average molecular weight is 292 g/mol. The Morgan fingerprint density at radius 1 is 1.14 bits per heavy atom. The fourth-order valence-electron chi connectivity index (χ4n) is 1.67. The van der Waals surface area contributed by atoms with Crippen LogP contribution in [-0.4, -0.2) is 32.8 Å². The number of para-hydroxylation sites is 1. The quantitative estimate of drug-likeness (QED) is 0.571. The van der Waals surface area contributed by atoms with Crippen LogP contribution in [0.15, 0.2) is 29.8 Å². The van der Waals surface area contributed by atoms with Gasteiger partial charge in [0, 0.05) is 11.1 Å². The van der Waals surface area contributed by atoms with Crippen LogP contribution in [0, 0.1) is 0 Å². The molecule has 21 heavy (non-hydrogen) atoms. The lowest BCUT2D eigenvalue weighted by atomic mass is 10.1. The number of hydrogen-bond acceptors (Lipinski definition) is 5. The second-order valence-corrected chi connectivity index (χ2v) is 4.30. The Morgan fingerprint density at radius 3 is 2.48 bits per heavy atom. The van der Waals surface area contributed by atoms with Gasteiger partial charge in [-0.3, -0.25) is 4.79 Å². The number of rotatable bonds is 7. The number of methoxy groups -OCH3 is 2. The molecule has 0 aliphatic heterocycles. The highest BCUT2D eigenvalue weighted by molar-refractivity contribution is 5.98. The van der Waals surface area contributed by atoms with E-state index in [1.54, 1.807) is 6.08 Å². The molecule has 5 nitrogen and oxygen atoms in total. The van der Waals surface area contributed by atoms with E-state index in [2.05, 4.69) is 4.74 Å². The van der Waals surface area contributed by atoms with Gasteiger partial charge in [0.2, 0.25) is 0 Å². The standard InChI is InChI=1S/C16H20O5/c1-4-9-21-14-8-6-5-7-12(14)10-13(16(18)20-3)11-15(17)19-2/h5-8,10H,4,9,11H2,1-3H3. The van der Waals surface area contributed by atoms with E-state index in [0.29, 0.717) is 12.4 Å². The van der Waals surface area contributed by atoms with E-state index >= 15 is 0 Å². The molecule has 1 aromatic rings. The van der Waals surface area contributed by atoms with E-state index in [1.165, 1.54) is 14.2 Å². The monoisotopic (exact) mass is 292 g/mol. The van der Waals surface area contributed by atoms with Crippen molar-refractivity contribution >= 4 is 18.0 Å². The maximum atomic E-state index is 11.8. The molecule has 5 heteroatoms. The lowest BCUT2D eigenvalue weighted by Gasteiger charge is -2.09. The molecule has 0 N–H and O–H groups in total. The summed E-state index contributed by atoms with van der Waals surface area (Å²) in [7, 11) is 2.54. The molecule has 1 rings (SSSR count). The molecule has 114 valence electrons. The predicted octanol–water partition coefficient (Wildman–Crippen LogP) is 2.59. The Hall–Kier alpha value is -2.30. The molecule has 0 bridgehead atoms. The van der Waals surface area contributed by atoms with Crippen LogP contribution in [0.2, 0.25) is 0 Å². The predicted molar refractivity (Wildman–Crippen MR) is 78.9 cm³/mol. The SMILES string of the molecule is CCCOc1ccccc1C=C(CC(=O)OC)C(=O)OC. The van der Waals surface area contributed by atoms with Crippen molar-refractivity contribution in [1.29, 1.82) is 0 Å². The summed E-state index contributed by atoms with van der Waals surface area (Å²) in [6, 6.07) is 7.30. The number of carbonyl (C=O) groups excluding carboxylic acids is 2. The van der Waals surface area contributed by atoms with Gasteiger partial charge in [0.25, 0.3) is 0 Å². The fourth-order valence-corrected chi connectivity index (χ4v) is 1.67. The van der Waals surface area contributed by atoms with Gasteiger partial charge in [0.05, 0.1) is 27.2 Å². The van der Waals surface area contributed by atoms with E-state index in [4.69, 9.17) is 9.47 Å². The van der Waals surface area contributed by atoms with E-state index < -0.39 is 11.9 Å². The van der Waals surface area contributed by atoms with Gasteiger partial charge < -0.3 is 14.2 Å². The molecule has 0 atom stereocenters. The number of hydrogen-bond donors (Lipinski definition) is 0. The second kappa shape index (κ2) is 8.79. The molecule has 0 fully saturated rings. The van der Waals surface area contributed by atoms with Gasteiger partial charge >= 0.3 is 11.9 Å². The van der Waals surface area contributed by atoms with Crippen LogP contribution in [0.4, 0.5) is 0 Å². The molecule has 0 unspecified atom stereocenters. The normalized spacial score (nSPS) is 10.9. The van der Waals surface area contributed by atoms with Crippen molar-refractivity contribution in [2.45, 2.75) is 19.8 Å². The molecule has 0 aromatic heterocycles. The zero-order valence-electron chi connectivity index (χ0n) is 12.5. The molecule has 0 heterocycles. The Labute approximate surface area is 124 Å². The largest absolute Gasteiger partial charge is 0.493 e. The van der Waals surface area contributed by atoms with Crippen LogP contribution in [0.5, 0.6) is 5.75 Å². The third-order valence-electron chi connectivity index (χ3n) is 2.72. The molecule has 0 amide bonds. The first-order valence-corrected chi connectivity index (χ1v) is 6.69. The molecule has 0 aliphatic carbocycles. The minimum atomic E-state index is -0.564. The van der Waals surface area contributed by atoms with Gasteiger partial charge in [-0.05, 0) is 18.6 Å². The molecule has 0 radical (unpaired) electrons. The third-order valence-corrected chi connectivity index (χ3v) is 2.72. The zero-order chi connectivity index (χ0) is 15.7. The number of carbonyl (C=O) groups is 2. The third kappa shape index (κ3) is 5.30. The lowest BCUT2D eigenvalue weighted by Crippen LogP contribution is -2.11. The van der Waals surface area contributed by atoms with Crippen molar-refractivity contribution in [2.75, 3.05) is 20.8 Å². The van der Waals surface area contributed by atoms with Gasteiger partial charge in [-0.1, -0.05) is 25.1 Å². The van der Waals surface area contributed by atoms with E-state index in [0.717, 1.165) is 12.0 Å². The van der Waals surface area contributed by atoms with Gasteiger partial charge in [0.15, 0.2) is 0 Å². The highest BCUT2D eigenvalue weighted by Gasteiger charge is 2.16. The van der Waals surface area contributed by atoms with Crippen molar-refractivity contribution in [3.05, 3.63) is 35.4 Å². The van der Waals surface area contributed by atoms with Crippen LogP contribution in [-0.2, 0) is 19.1 Å². The van der Waals surface area contributed by atoms with Gasteiger partial charge in [-0.2, -0.15) is 0 Å². The van der Waals surface area contributed by atoms with Crippen LogP contribution < -0.4 is 4.74 Å². The first-order valence-electron chi connectivity index (χ1n) is 6.69.